The van der Waals surface area contributed by atoms with E-state index in [1.54, 1.807) is 31.2 Å². The highest BCUT2D eigenvalue weighted by atomic mass is 32.2. The van der Waals surface area contributed by atoms with Gasteiger partial charge in [0.2, 0.25) is 15.9 Å². The van der Waals surface area contributed by atoms with Crippen LogP contribution in [0.25, 0.3) is 0 Å². The Morgan fingerprint density at radius 3 is 2.55 bits per heavy atom. The lowest BCUT2D eigenvalue weighted by Crippen LogP contribution is -2.43. The molecule has 1 amide bonds. The molecule has 0 bridgehead atoms. The van der Waals surface area contributed by atoms with E-state index in [2.05, 4.69) is 5.32 Å². The van der Waals surface area contributed by atoms with E-state index < -0.39 is 10.0 Å². The number of nitriles is 1. The maximum atomic E-state index is 13.4. The fourth-order valence-electron chi connectivity index (χ4n) is 3.47. The second-order valence-electron chi connectivity index (χ2n) is 7.07. The molecule has 6 nitrogen and oxygen atoms in total. The maximum absolute atomic E-state index is 13.4. The van der Waals surface area contributed by atoms with Crippen LogP contribution in [0.15, 0.2) is 53.4 Å². The van der Waals surface area contributed by atoms with Gasteiger partial charge in [-0.25, -0.2) is 12.8 Å². The van der Waals surface area contributed by atoms with Crippen molar-refractivity contribution in [3.05, 3.63) is 65.5 Å². The van der Waals surface area contributed by atoms with Crippen LogP contribution in [0.4, 0.5) is 4.39 Å². The van der Waals surface area contributed by atoms with E-state index in [1.807, 2.05) is 6.07 Å². The average Bonchev–Trinajstić information content (AvgIpc) is 2.73. The summed E-state index contributed by atoms with van der Waals surface area (Å²) in [6.07, 6.45) is 0.769. The Labute approximate surface area is 170 Å². The number of amides is 1. The minimum absolute atomic E-state index is 0.00914. The zero-order chi connectivity index (χ0) is 21.0. The van der Waals surface area contributed by atoms with E-state index in [9.17, 15) is 22.9 Å². The predicted octanol–water partition coefficient (Wildman–Crippen LogP) is 2.98. The van der Waals surface area contributed by atoms with Gasteiger partial charge in [-0.2, -0.15) is 9.57 Å². The fraction of sp³-hybridized carbons (Fsp3) is 0.333. The Bertz CT molecular complexity index is 1040. The normalized spacial score (nSPS) is 16.7. The van der Waals surface area contributed by atoms with E-state index in [4.69, 9.17) is 0 Å². The van der Waals surface area contributed by atoms with Gasteiger partial charge in [0.15, 0.2) is 0 Å². The molecule has 1 aliphatic heterocycles. The first-order valence-electron chi connectivity index (χ1n) is 9.38. The van der Waals surface area contributed by atoms with Gasteiger partial charge in [0.25, 0.3) is 0 Å². The maximum Gasteiger partial charge on any atom is 0.244 e. The molecule has 0 aliphatic carbocycles. The van der Waals surface area contributed by atoms with Crippen LogP contribution in [-0.4, -0.2) is 31.7 Å². The molecule has 1 heterocycles. The molecular weight excluding hydrogens is 393 g/mol. The second-order valence-corrected chi connectivity index (χ2v) is 8.98. The predicted molar refractivity (Wildman–Crippen MR) is 106 cm³/mol. The third-order valence-electron chi connectivity index (χ3n) is 5.16. The molecule has 0 saturated carbocycles. The number of benzene rings is 2. The van der Waals surface area contributed by atoms with Gasteiger partial charge in [0, 0.05) is 19.0 Å². The summed E-state index contributed by atoms with van der Waals surface area (Å²) in [5, 5.41) is 12.1. The van der Waals surface area contributed by atoms with Gasteiger partial charge < -0.3 is 5.32 Å². The Balaban J connectivity index is 1.63. The summed E-state index contributed by atoms with van der Waals surface area (Å²) in [6.45, 7) is 2.19. The summed E-state index contributed by atoms with van der Waals surface area (Å²) < 4.78 is 40.4. The number of rotatable bonds is 5. The molecule has 152 valence electrons. The Morgan fingerprint density at radius 2 is 1.90 bits per heavy atom. The van der Waals surface area contributed by atoms with Crippen LogP contribution in [0.1, 0.15) is 36.9 Å². The third kappa shape index (κ3) is 4.63. The number of nitrogens with zero attached hydrogens (tertiary/aromatic N) is 2. The van der Waals surface area contributed by atoms with E-state index in [0.717, 1.165) is 0 Å². The Morgan fingerprint density at radius 1 is 1.21 bits per heavy atom. The molecule has 1 unspecified atom stereocenters. The Hall–Kier alpha value is -2.76. The van der Waals surface area contributed by atoms with Gasteiger partial charge >= 0.3 is 0 Å². The number of nitrogens with one attached hydrogen (secondary N) is 1. The molecule has 3 rings (SSSR count). The van der Waals surface area contributed by atoms with Crippen molar-refractivity contribution in [2.75, 3.05) is 13.1 Å². The first-order valence-corrected chi connectivity index (χ1v) is 10.8. The molecule has 2 aromatic rings. The van der Waals surface area contributed by atoms with E-state index in [0.29, 0.717) is 18.4 Å². The fourth-order valence-corrected chi connectivity index (χ4v) is 5.08. The molecule has 1 N–H and O–H groups in total. The molecule has 0 aromatic heterocycles. The molecule has 1 fully saturated rings. The van der Waals surface area contributed by atoms with Crippen LogP contribution >= 0.6 is 0 Å². The summed E-state index contributed by atoms with van der Waals surface area (Å²) >= 11 is 0. The zero-order valence-corrected chi connectivity index (χ0v) is 16.8. The van der Waals surface area contributed by atoms with Crippen LogP contribution in [0.5, 0.6) is 0 Å². The zero-order valence-electron chi connectivity index (χ0n) is 16.0. The lowest BCUT2D eigenvalue weighted by atomic mass is 9.96. The minimum Gasteiger partial charge on any atom is -0.349 e. The first kappa shape index (κ1) is 21.0. The standard InChI is InChI=1S/C21H22FN3O3S/c1-15(17-6-4-7-19(22)13-17)24-21(26)16-9-11-25(12-10-16)29(27,28)20-8-3-2-5-18(20)14-23/h2-8,13,15-16H,9-12H2,1H3,(H,24,26). The smallest absolute Gasteiger partial charge is 0.244 e. The summed E-state index contributed by atoms with van der Waals surface area (Å²) in [5.41, 5.74) is 0.780. The van der Waals surface area contributed by atoms with Gasteiger partial charge in [-0.3, -0.25) is 4.79 Å². The molecule has 0 spiro atoms. The number of hydrogen-bond donors (Lipinski definition) is 1. The topological polar surface area (TPSA) is 90.3 Å². The van der Waals surface area contributed by atoms with Crippen molar-refractivity contribution < 1.29 is 17.6 Å². The number of carbonyl (C=O) groups is 1. The van der Waals surface area contributed by atoms with Crippen molar-refractivity contribution in [3.63, 3.8) is 0 Å². The van der Waals surface area contributed by atoms with Crippen LogP contribution in [0.3, 0.4) is 0 Å². The monoisotopic (exact) mass is 415 g/mol. The molecule has 8 heteroatoms. The third-order valence-corrected chi connectivity index (χ3v) is 7.11. The van der Waals surface area contributed by atoms with Gasteiger partial charge in [-0.15, -0.1) is 0 Å². The first-order chi connectivity index (χ1) is 13.8. The van der Waals surface area contributed by atoms with Crippen molar-refractivity contribution >= 4 is 15.9 Å². The van der Waals surface area contributed by atoms with Crippen molar-refractivity contribution in [3.8, 4) is 6.07 Å². The molecule has 2 aromatic carbocycles. The highest BCUT2D eigenvalue weighted by molar-refractivity contribution is 7.89. The number of piperidine rings is 1. The van der Waals surface area contributed by atoms with Gasteiger partial charge in [-0.1, -0.05) is 24.3 Å². The number of sulfonamides is 1. The minimum atomic E-state index is -3.79. The molecular formula is C21H22FN3O3S. The number of hydrogen-bond acceptors (Lipinski definition) is 4. The van der Waals surface area contributed by atoms with Crippen LogP contribution in [0, 0.1) is 23.1 Å². The van der Waals surface area contributed by atoms with Crippen molar-refractivity contribution in [2.45, 2.75) is 30.7 Å². The van der Waals surface area contributed by atoms with Crippen LogP contribution in [-0.2, 0) is 14.8 Å². The van der Waals surface area contributed by atoms with Gasteiger partial charge in [0.1, 0.15) is 11.9 Å². The van der Waals surface area contributed by atoms with E-state index >= 15 is 0 Å². The number of halogens is 1. The lowest BCUT2D eigenvalue weighted by Gasteiger charge is -2.31. The summed E-state index contributed by atoms with van der Waals surface area (Å²) in [4.78, 5) is 12.6. The average molecular weight is 415 g/mol. The van der Waals surface area contributed by atoms with E-state index in [-0.39, 0.29) is 47.2 Å². The van der Waals surface area contributed by atoms with E-state index in [1.165, 1.54) is 28.6 Å². The highest BCUT2D eigenvalue weighted by Gasteiger charge is 2.33. The van der Waals surface area contributed by atoms with Crippen LogP contribution in [0.2, 0.25) is 0 Å². The molecule has 1 atom stereocenters. The molecule has 0 radical (unpaired) electrons. The molecule has 1 aliphatic rings. The van der Waals surface area contributed by atoms with Gasteiger partial charge in [0.05, 0.1) is 16.5 Å². The molecule has 29 heavy (non-hydrogen) atoms. The van der Waals surface area contributed by atoms with Crippen molar-refractivity contribution in [1.29, 1.82) is 5.26 Å². The van der Waals surface area contributed by atoms with Crippen LogP contribution < -0.4 is 5.32 Å². The summed E-state index contributed by atoms with van der Waals surface area (Å²) in [5.74, 6) is -0.848. The highest BCUT2D eigenvalue weighted by Crippen LogP contribution is 2.26. The SMILES string of the molecule is CC(NC(=O)C1CCN(S(=O)(=O)c2ccccc2C#N)CC1)c1cccc(F)c1. The quantitative estimate of drug-likeness (QED) is 0.813. The van der Waals surface area contributed by atoms with Crippen molar-refractivity contribution in [2.24, 2.45) is 5.92 Å². The second kappa shape index (κ2) is 8.72. The lowest BCUT2D eigenvalue weighted by molar-refractivity contribution is -0.126. The molecule has 1 saturated heterocycles. The summed E-state index contributed by atoms with van der Waals surface area (Å²) in [7, 11) is -3.79. The summed E-state index contributed by atoms with van der Waals surface area (Å²) in [6, 6.07) is 13.7. The van der Waals surface area contributed by atoms with Gasteiger partial charge in [-0.05, 0) is 49.6 Å². The largest absolute Gasteiger partial charge is 0.349 e. The Kier molecular flexibility index (Phi) is 6.30. The van der Waals surface area contributed by atoms with Crippen molar-refractivity contribution in [1.82, 2.24) is 9.62 Å². The number of carbonyl (C=O) groups excluding carboxylic acids is 1.